The van der Waals surface area contributed by atoms with Crippen molar-refractivity contribution in [1.82, 2.24) is 10.2 Å². The summed E-state index contributed by atoms with van der Waals surface area (Å²) in [6.07, 6.45) is 0. The van der Waals surface area contributed by atoms with Crippen molar-refractivity contribution < 1.29 is 5.11 Å². The smallest absolute Gasteiger partial charge is 0.115 e. The van der Waals surface area contributed by atoms with Crippen molar-refractivity contribution in [3.8, 4) is 28.1 Å². The van der Waals surface area contributed by atoms with E-state index >= 15 is 0 Å². The van der Waals surface area contributed by atoms with Crippen molar-refractivity contribution in [3.63, 3.8) is 0 Å². The fourth-order valence-corrected chi connectivity index (χ4v) is 4.00. The van der Waals surface area contributed by atoms with Gasteiger partial charge in [0.05, 0.1) is 5.69 Å². The summed E-state index contributed by atoms with van der Waals surface area (Å²) in [5.74, 6) is 0.722. The molecule has 0 aliphatic carbocycles. The van der Waals surface area contributed by atoms with Gasteiger partial charge in [0.25, 0.3) is 0 Å². The molecule has 0 aliphatic heterocycles. The molecule has 0 radical (unpaired) electrons. The standard InChI is InChI=1S/C20H18N2OS/c1-12(2)18-10-19(22-21-18)17-11-24-20-15(4-3-5-16(17)20)13-6-8-14(23)9-7-13/h3-12,23H,1-2H3,(H,21,22). The van der Waals surface area contributed by atoms with Crippen LogP contribution in [0, 0.1) is 0 Å². The zero-order valence-corrected chi connectivity index (χ0v) is 14.4. The molecule has 0 saturated heterocycles. The molecular weight excluding hydrogens is 316 g/mol. The first-order chi connectivity index (χ1) is 11.6. The van der Waals surface area contributed by atoms with E-state index in [4.69, 9.17) is 0 Å². The minimum Gasteiger partial charge on any atom is -0.508 e. The Balaban J connectivity index is 1.85. The van der Waals surface area contributed by atoms with E-state index in [9.17, 15) is 5.11 Å². The fraction of sp³-hybridized carbons (Fsp3) is 0.150. The van der Waals surface area contributed by atoms with Crippen LogP contribution in [-0.2, 0) is 0 Å². The van der Waals surface area contributed by atoms with Gasteiger partial charge < -0.3 is 5.11 Å². The average molecular weight is 334 g/mol. The topological polar surface area (TPSA) is 48.9 Å². The van der Waals surface area contributed by atoms with Crippen LogP contribution in [0.2, 0.25) is 0 Å². The molecule has 120 valence electrons. The van der Waals surface area contributed by atoms with E-state index in [1.54, 1.807) is 23.5 Å². The number of H-pyrrole nitrogens is 1. The monoisotopic (exact) mass is 334 g/mol. The van der Waals surface area contributed by atoms with Crippen LogP contribution in [0.25, 0.3) is 32.5 Å². The molecule has 0 fully saturated rings. The zero-order chi connectivity index (χ0) is 16.7. The molecule has 0 spiro atoms. The number of aromatic hydroxyl groups is 1. The first kappa shape index (κ1) is 15.0. The highest BCUT2D eigenvalue weighted by molar-refractivity contribution is 7.18. The van der Waals surface area contributed by atoms with Gasteiger partial charge in [-0.15, -0.1) is 11.3 Å². The quantitative estimate of drug-likeness (QED) is 0.498. The number of phenolic OH excluding ortho intramolecular Hbond substituents is 1. The lowest BCUT2D eigenvalue weighted by Gasteiger charge is -2.04. The lowest BCUT2D eigenvalue weighted by molar-refractivity contribution is 0.475. The zero-order valence-electron chi connectivity index (χ0n) is 13.6. The molecule has 0 bridgehead atoms. The molecule has 2 N–H and O–H groups in total. The van der Waals surface area contributed by atoms with Gasteiger partial charge in [0.15, 0.2) is 0 Å². The van der Waals surface area contributed by atoms with Gasteiger partial charge in [-0.05, 0) is 35.2 Å². The van der Waals surface area contributed by atoms with Crippen molar-refractivity contribution >= 4 is 21.4 Å². The van der Waals surface area contributed by atoms with Crippen LogP contribution in [0.15, 0.2) is 53.9 Å². The van der Waals surface area contributed by atoms with Gasteiger partial charge in [0, 0.05) is 26.7 Å². The van der Waals surface area contributed by atoms with Crippen LogP contribution in [0.5, 0.6) is 5.75 Å². The van der Waals surface area contributed by atoms with Crippen LogP contribution < -0.4 is 0 Å². The number of aromatic amines is 1. The van der Waals surface area contributed by atoms with Crippen LogP contribution in [0.1, 0.15) is 25.5 Å². The van der Waals surface area contributed by atoms with Crippen molar-refractivity contribution in [2.45, 2.75) is 19.8 Å². The molecule has 0 saturated carbocycles. The van der Waals surface area contributed by atoms with E-state index in [0.29, 0.717) is 5.92 Å². The summed E-state index contributed by atoms with van der Waals surface area (Å²) in [6, 6.07) is 15.9. The van der Waals surface area contributed by atoms with Crippen molar-refractivity contribution in [3.05, 3.63) is 59.6 Å². The van der Waals surface area contributed by atoms with Gasteiger partial charge in [-0.3, -0.25) is 5.10 Å². The lowest BCUT2D eigenvalue weighted by Crippen LogP contribution is -1.85. The molecule has 0 amide bonds. The Kier molecular flexibility index (Phi) is 3.62. The summed E-state index contributed by atoms with van der Waals surface area (Å²) >= 11 is 1.74. The Labute approximate surface area is 144 Å². The summed E-state index contributed by atoms with van der Waals surface area (Å²) in [7, 11) is 0. The normalized spacial score (nSPS) is 11.5. The Bertz CT molecular complexity index is 996. The number of fused-ring (bicyclic) bond motifs is 1. The van der Waals surface area contributed by atoms with Gasteiger partial charge in [0.1, 0.15) is 5.75 Å². The van der Waals surface area contributed by atoms with E-state index in [-0.39, 0.29) is 5.75 Å². The van der Waals surface area contributed by atoms with Gasteiger partial charge in [-0.25, -0.2) is 0 Å². The highest BCUT2D eigenvalue weighted by atomic mass is 32.1. The number of thiophene rings is 1. The maximum Gasteiger partial charge on any atom is 0.115 e. The largest absolute Gasteiger partial charge is 0.508 e. The number of hydrogen-bond acceptors (Lipinski definition) is 3. The molecule has 4 heteroatoms. The third-order valence-electron chi connectivity index (χ3n) is 4.27. The predicted octanol–water partition coefficient (Wildman–Crippen LogP) is 5.79. The molecule has 2 heterocycles. The summed E-state index contributed by atoms with van der Waals surface area (Å²) in [5, 5.41) is 20.5. The van der Waals surface area contributed by atoms with Crippen LogP contribution >= 0.6 is 11.3 Å². The predicted molar refractivity (Wildman–Crippen MR) is 101 cm³/mol. The van der Waals surface area contributed by atoms with E-state index < -0.39 is 0 Å². The number of phenols is 1. The molecule has 4 rings (SSSR count). The average Bonchev–Trinajstić information content (AvgIpc) is 3.22. The van der Waals surface area contributed by atoms with Crippen molar-refractivity contribution in [1.29, 1.82) is 0 Å². The molecule has 0 aliphatic rings. The van der Waals surface area contributed by atoms with Crippen LogP contribution in [0.4, 0.5) is 0 Å². The lowest BCUT2D eigenvalue weighted by atomic mass is 10.0. The van der Waals surface area contributed by atoms with Crippen molar-refractivity contribution in [2.24, 2.45) is 0 Å². The minimum absolute atomic E-state index is 0.288. The molecule has 0 atom stereocenters. The molecule has 24 heavy (non-hydrogen) atoms. The first-order valence-electron chi connectivity index (χ1n) is 7.99. The molecule has 2 aromatic carbocycles. The third kappa shape index (κ3) is 2.49. The number of benzene rings is 2. The highest BCUT2D eigenvalue weighted by Gasteiger charge is 2.14. The number of aromatic nitrogens is 2. The molecule has 2 aromatic heterocycles. The van der Waals surface area contributed by atoms with E-state index in [1.807, 2.05) is 12.1 Å². The van der Waals surface area contributed by atoms with Crippen LogP contribution in [-0.4, -0.2) is 15.3 Å². The second kappa shape index (κ2) is 5.80. The SMILES string of the molecule is CC(C)c1cc(-c2csc3c(-c4ccc(O)cc4)cccc23)n[nH]1. The number of nitrogens with zero attached hydrogens (tertiary/aromatic N) is 1. The Hall–Kier alpha value is -2.59. The third-order valence-corrected chi connectivity index (χ3v) is 5.30. The summed E-state index contributed by atoms with van der Waals surface area (Å²) < 4.78 is 1.24. The molecule has 0 unspecified atom stereocenters. The van der Waals surface area contributed by atoms with Gasteiger partial charge >= 0.3 is 0 Å². The summed E-state index contributed by atoms with van der Waals surface area (Å²) in [6.45, 7) is 4.32. The second-order valence-electron chi connectivity index (χ2n) is 6.24. The number of hydrogen-bond donors (Lipinski definition) is 2. The Morgan fingerprint density at radius 1 is 1.04 bits per heavy atom. The van der Waals surface area contributed by atoms with Gasteiger partial charge in [0.2, 0.25) is 0 Å². The Morgan fingerprint density at radius 2 is 1.83 bits per heavy atom. The minimum atomic E-state index is 0.288. The molecular formula is C20H18N2OS. The molecule has 3 nitrogen and oxygen atoms in total. The molecule has 4 aromatic rings. The second-order valence-corrected chi connectivity index (χ2v) is 7.12. The maximum absolute atomic E-state index is 9.51. The highest BCUT2D eigenvalue weighted by Crippen LogP contribution is 2.39. The van der Waals surface area contributed by atoms with Crippen molar-refractivity contribution in [2.75, 3.05) is 0 Å². The van der Waals surface area contributed by atoms with E-state index in [1.165, 1.54) is 21.2 Å². The summed E-state index contributed by atoms with van der Waals surface area (Å²) in [5.41, 5.74) is 5.60. The fourth-order valence-electron chi connectivity index (χ4n) is 2.89. The first-order valence-corrected chi connectivity index (χ1v) is 8.87. The summed E-state index contributed by atoms with van der Waals surface area (Å²) in [4.78, 5) is 0. The van der Waals surface area contributed by atoms with Gasteiger partial charge in [-0.1, -0.05) is 44.2 Å². The van der Waals surface area contributed by atoms with E-state index in [0.717, 1.165) is 17.0 Å². The van der Waals surface area contributed by atoms with E-state index in [2.05, 4.69) is 53.7 Å². The van der Waals surface area contributed by atoms with Crippen LogP contribution in [0.3, 0.4) is 0 Å². The number of nitrogens with one attached hydrogen (secondary N) is 1. The Morgan fingerprint density at radius 3 is 2.54 bits per heavy atom. The van der Waals surface area contributed by atoms with Gasteiger partial charge in [-0.2, -0.15) is 5.10 Å². The maximum atomic E-state index is 9.51. The number of rotatable bonds is 3.